The molecule has 4 aromatic rings. The molecule has 0 radical (unpaired) electrons. The Morgan fingerprint density at radius 3 is 2.63 bits per heavy atom. The van der Waals surface area contributed by atoms with Crippen molar-refractivity contribution < 1.29 is 0 Å². The molecule has 0 aliphatic heterocycles. The molecule has 0 bridgehead atoms. The summed E-state index contributed by atoms with van der Waals surface area (Å²) in [5.41, 5.74) is 9.30. The van der Waals surface area contributed by atoms with Crippen LogP contribution in [0.2, 0.25) is 0 Å². The monoisotopic (exact) mass is 399 g/mol. The summed E-state index contributed by atoms with van der Waals surface area (Å²) in [6.45, 7) is 4.18. The van der Waals surface area contributed by atoms with Crippen molar-refractivity contribution >= 4 is 11.8 Å². The Bertz CT molecular complexity index is 1230. The molecule has 5 rings (SSSR count). The third-order valence-corrected chi connectivity index (χ3v) is 5.94. The lowest BCUT2D eigenvalue weighted by Gasteiger charge is -2.17. The summed E-state index contributed by atoms with van der Waals surface area (Å²) in [7, 11) is 3.95. The Labute approximate surface area is 175 Å². The van der Waals surface area contributed by atoms with Gasteiger partial charge in [-0.2, -0.15) is 10.2 Å². The molecule has 0 atom stereocenters. The van der Waals surface area contributed by atoms with Crippen molar-refractivity contribution in [3.8, 4) is 11.3 Å². The third-order valence-electron chi connectivity index (χ3n) is 5.94. The first-order valence-electron chi connectivity index (χ1n) is 10.2. The van der Waals surface area contributed by atoms with Gasteiger partial charge in [-0.05, 0) is 43.4 Å². The van der Waals surface area contributed by atoms with Crippen LogP contribution in [0.5, 0.6) is 0 Å². The van der Waals surface area contributed by atoms with Gasteiger partial charge in [0.1, 0.15) is 0 Å². The molecule has 3 heterocycles. The van der Waals surface area contributed by atoms with Crippen molar-refractivity contribution in [1.82, 2.24) is 29.5 Å². The molecule has 0 saturated heterocycles. The van der Waals surface area contributed by atoms with Gasteiger partial charge in [0, 0.05) is 44.0 Å². The molecule has 0 spiro atoms. The van der Waals surface area contributed by atoms with E-state index in [-0.39, 0.29) is 0 Å². The summed E-state index contributed by atoms with van der Waals surface area (Å²) in [5.74, 6) is 1.31. The molecule has 1 N–H and O–H groups in total. The SMILES string of the molecule is Cc1ccccc1Cc1c2c(nn1C)CCc1cnc(Nc3cc(C)n(C)n3)nc1-2. The van der Waals surface area contributed by atoms with E-state index in [9.17, 15) is 0 Å². The van der Waals surface area contributed by atoms with Gasteiger partial charge in [-0.15, -0.1) is 0 Å². The lowest BCUT2D eigenvalue weighted by atomic mass is 9.91. The van der Waals surface area contributed by atoms with E-state index in [0.29, 0.717) is 5.95 Å². The summed E-state index contributed by atoms with van der Waals surface area (Å²) in [5, 5.41) is 12.5. The van der Waals surface area contributed by atoms with Crippen molar-refractivity contribution in [3.05, 3.63) is 70.3 Å². The minimum Gasteiger partial charge on any atom is -0.307 e. The second-order valence-corrected chi connectivity index (χ2v) is 7.98. The Morgan fingerprint density at radius 1 is 1.03 bits per heavy atom. The van der Waals surface area contributed by atoms with Gasteiger partial charge in [-0.25, -0.2) is 9.97 Å². The molecule has 1 aromatic carbocycles. The number of aryl methyl sites for hydroxylation is 6. The molecular formula is C23H25N7. The molecule has 30 heavy (non-hydrogen) atoms. The van der Waals surface area contributed by atoms with E-state index in [0.717, 1.165) is 47.7 Å². The van der Waals surface area contributed by atoms with Crippen LogP contribution in [0.15, 0.2) is 36.5 Å². The number of hydrogen-bond acceptors (Lipinski definition) is 5. The highest BCUT2D eigenvalue weighted by Gasteiger charge is 2.26. The fraction of sp³-hybridized carbons (Fsp3) is 0.304. The number of anilines is 2. The number of hydrogen-bond donors (Lipinski definition) is 1. The predicted octanol–water partition coefficient (Wildman–Crippen LogP) is 3.66. The van der Waals surface area contributed by atoms with Gasteiger partial charge in [-0.3, -0.25) is 9.36 Å². The van der Waals surface area contributed by atoms with Gasteiger partial charge < -0.3 is 5.32 Å². The van der Waals surface area contributed by atoms with Gasteiger partial charge in [0.2, 0.25) is 5.95 Å². The molecule has 0 saturated carbocycles. The molecule has 7 heteroatoms. The van der Waals surface area contributed by atoms with Crippen molar-refractivity contribution in [2.75, 3.05) is 5.32 Å². The van der Waals surface area contributed by atoms with E-state index in [1.54, 1.807) is 0 Å². The lowest BCUT2D eigenvalue weighted by Crippen LogP contribution is -2.09. The molecule has 152 valence electrons. The van der Waals surface area contributed by atoms with Crippen LogP contribution in [-0.4, -0.2) is 29.5 Å². The Balaban J connectivity index is 1.56. The quantitative estimate of drug-likeness (QED) is 0.567. The fourth-order valence-corrected chi connectivity index (χ4v) is 4.12. The maximum Gasteiger partial charge on any atom is 0.228 e. The Hall–Kier alpha value is -3.48. The number of rotatable bonds is 4. The second kappa shape index (κ2) is 7.09. The van der Waals surface area contributed by atoms with Crippen molar-refractivity contribution in [2.24, 2.45) is 14.1 Å². The van der Waals surface area contributed by atoms with Crippen LogP contribution < -0.4 is 5.32 Å². The Kier molecular flexibility index (Phi) is 4.38. The molecule has 7 nitrogen and oxygen atoms in total. The van der Waals surface area contributed by atoms with E-state index >= 15 is 0 Å². The molecular weight excluding hydrogens is 374 g/mol. The highest BCUT2D eigenvalue weighted by molar-refractivity contribution is 5.72. The van der Waals surface area contributed by atoms with Gasteiger partial charge in [-0.1, -0.05) is 24.3 Å². The van der Waals surface area contributed by atoms with Gasteiger partial charge in [0.05, 0.1) is 17.1 Å². The zero-order chi connectivity index (χ0) is 20.8. The minimum atomic E-state index is 0.561. The summed E-state index contributed by atoms with van der Waals surface area (Å²) in [6, 6.07) is 10.5. The van der Waals surface area contributed by atoms with E-state index in [1.807, 2.05) is 42.6 Å². The van der Waals surface area contributed by atoms with Crippen LogP contribution in [0.3, 0.4) is 0 Å². The van der Waals surface area contributed by atoms with Gasteiger partial charge >= 0.3 is 0 Å². The first-order chi connectivity index (χ1) is 14.5. The number of nitrogens with one attached hydrogen (secondary N) is 1. The van der Waals surface area contributed by atoms with Crippen LogP contribution in [0, 0.1) is 13.8 Å². The standard InChI is InChI=1S/C23H25N7/c1-14-7-5-6-8-16(14)12-19-21-18(27-30(19)4)10-9-17-13-24-23(26-22(17)21)25-20-11-15(2)29(3)28-20/h5-8,11,13H,9-10,12H2,1-4H3,(H,24,25,26,28). The van der Waals surface area contributed by atoms with Crippen molar-refractivity contribution in [1.29, 1.82) is 0 Å². The highest BCUT2D eigenvalue weighted by atomic mass is 15.3. The summed E-state index contributed by atoms with van der Waals surface area (Å²) in [4.78, 5) is 9.44. The number of nitrogens with zero attached hydrogens (tertiary/aromatic N) is 6. The first-order valence-corrected chi connectivity index (χ1v) is 10.2. The molecule has 0 unspecified atom stereocenters. The van der Waals surface area contributed by atoms with E-state index in [1.165, 1.54) is 22.4 Å². The maximum atomic E-state index is 4.90. The maximum absolute atomic E-state index is 4.90. The topological polar surface area (TPSA) is 73.5 Å². The third kappa shape index (κ3) is 3.16. The van der Waals surface area contributed by atoms with Crippen LogP contribution in [-0.2, 0) is 33.4 Å². The summed E-state index contributed by atoms with van der Waals surface area (Å²) in [6.07, 6.45) is 4.59. The van der Waals surface area contributed by atoms with Gasteiger partial charge in [0.15, 0.2) is 5.82 Å². The Morgan fingerprint density at radius 2 is 1.87 bits per heavy atom. The first kappa shape index (κ1) is 18.5. The van der Waals surface area contributed by atoms with Gasteiger partial charge in [0.25, 0.3) is 0 Å². The number of benzene rings is 1. The summed E-state index contributed by atoms with van der Waals surface area (Å²) >= 11 is 0. The fourth-order valence-electron chi connectivity index (χ4n) is 4.12. The largest absolute Gasteiger partial charge is 0.307 e. The van der Waals surface area contributed by atoms with E-state index in [4.69, 9.17) is 10.1 Å². The molecule has 3 aromatic heterocycles. The normalized spacial score (nSPS) is 12.5. The van der Waals surface area contributed by atoms with Crippen LogP contribution in [0.1, 0.15) is 33.8 Å². The molecule has 0 fully saturated rings. The van der Waals surface area contributed by atoms with Crippen LogP contribution >= 0.6 is 0 Å². The molecule has 0 amide bonds. The number of aromatic nitrogens is 6. The average Bonchev–Trinajstić information content (AvgIpc) is 3.21. The lowest BCUT2D eigenvalue weighted by molar-refractivity contribution is 0.705. The van der Waals surface area contributed by atoms with E-state index in [2.05, 4.69) is 46.6 Å². The second-order valence-electron chi connectivity index (χ2n) is 7.98. The van der Waals surface area contributed by atoms with Crippen LogP contribution in [0.4, 0.5) is 11.8 Å². The number of fused-ring (bicyclic) bond motifs is 3. The van der Waals surface area contributed by atoms with Crippen molar-refractivity contribution in [2.45, 2.75) is 33.1 Å². The summed E-state index contributed by atoms with van der Waals surface area (Å²) < 4.78 is 3.85. The smallest absolute Gasteiger partial charge is 0.228 e. The minimum absolute atomic E-state index is 0.561. The highest BCUT2D eigenvalue weighted by Crippen LogP contribution is 2.36. The van der Waals surface area contributed by atoms with E-state index < -0.39 is 0 Å². The van der Waals surface area contributed by atoms with Crippen LogP contribution in [0.25, 0.3) is 11.3 Å². The molecule has 1 aliphatic rings. The van der Waals surface area contributed by atoms with Crippen molar-refractivity contribution in [3.63, 3.8) is 0 Å². The zero-order valence-electron chi connectivity index (χ0n) is 17.8. The molecule has 1 aliphatic carbocycles. The predicted molar refractivity (Wildman–Crippen MR) is 117 cm³/mol. The average molecular weight is 400 g/mol. The zero-order valence-corrected chi connectivity index (χ0v) is 17.8.